The number of benzene rings is 2. The third kappa shape index (κ3) is 6.35. The van der Waals surface area contributed by atoms with Crippen molar-refractivity contribution in [3.63, 3.8) is 0 Å². The number of carboxylic acid groups (broad SMARTS) is 1. The van der Waals surface area contributed by atoms with Gasteiger partial charge in [-0.1, -0.05) is 42.5 Å². The molecule has 0 aromatic heterocycles. The van der Waals surface area contributed by atoms with Gasteiger partial charge in [0.25, 0.3) is 0 Å². The van der Waals surface area contributed by atoms with Gasteiger partial charge in [-0.2, -0.15) is 13.2 Å². The first-order valence-corrected chi connectivity index (χ1v) is 9.17. The Labute approximate surface area is 186 Å². The number of aliphatic carboxylic acids is 1. The van der Waals surface area contributed by atoms with Gasteiger partial charge in [0.15, 0.2) is 0 Å². The molecule has 0 saturated carbocycles. The summed E-state index contributed by atoms with van der Waals surface area (Å²) in [6.45, 7) is 3.62. The molecule has 1 saturated heterocycles. The van der Waals surface area contributed by atoms with E-state index < -0.39 is 17.7 Å². The number of carbonyl (C=O) groups is 1. The van der Waals surface area contributed by atoms with Gasteiger partial charge in [-0.05, 0) is 30.2 Å². The second kappa shape index (κ2) is 11.0. The van der Waals surface area contributed by atoms with E-state index in [-0.39, 0.29) is 43.4 Å². The minimum absolute atomic E-state index is 0. The van der Waals surface area contributed by atoms with E-state index in [1.54, 1.807) is 6.07 Å². The molecule has 9 heteroatoms. The summed E-state index contributed by atoms with van der Waals surface area (Å²) in [5.41, 5.74) is 0.837. The quantitative estimate of drug-likeness (QED) is 0.694. The summed E-state index contributed by atoms with van der Waals surface area (Å²) in [7, 11) is 0. The highest BCUT2D eigenvalue weighted by Gasteiger charge is 2.34. The first kappa shape index (κ1) is 26.2. The number of rotatable bonds is 5. The van der Waals surface area contributed by atoms with Gasteiger partial charge in [0, 0.05) is 25.7 Å². The van der Waals surface area contributed by atoms with Crippen LogP contribution in [0.15, 0.2) is 54.6 Å². The largest absolute Gasteiger partial charge is 0.480 e. The first-order valence-electron chi connectivity index (χ1n) is 9.17. The van der Waals surface area contributed by atoms with Gasteiger partial charge in [0.05, 0.1) is 18.2 Å². The first-order chi connectivity index (χ1) is 13.3. The van der Waals surface area contributed by atoms with E-state index in [1.807, 2.05) is 42.2 Å². The molecular weight excluding hydrogens is 440 g/mol. The predicted octanol–water partition coefficient (Wildman–Crippen LogP) is 4.73. The standard InChI is InChI=1S/C21H23F3N2O2.2ClH/c1-15-13-26(11-10-25(15)14-19(27)28)20(16-6-3-2-4-7-16)17-8-5-9-18(12-17)21(22,23)24;;/h2-9,12,15,20H,10-11,13-14H2,1H3,(H,27,28);2*1H/t15-,20-;;/m1../s1. The second-order valence-electron chi connectivity index (χ2n) is 7.14. The molecule has 0 spiro atoms. The van der Waals surface area contributed by atoms with E-state index >= 15 is 0 Å². The van der Waals surface area contributed by atoms with Gasteiger partial charge in [0.2, 0.25) is 0 Å². The molecule has 1 heterocycles. The molecule has 0 radical (unpaired) electrons. The predicted molar refractivity (Wildman–Crippen MR) is 114 cm³/mol. The zero-order valence-corrected chi connectivity index (χ0v) is 18.0. The van der Waals surface area contributed by atoms with Crippen molar-refractivity contribution in [2.75, 3.05) is 26.2 Å². The Balaban J connectivity index is 0.00000225. The zero-order valence-electron chi connectivity index (χ0n) is 16.4. The zero-order chi connectivity index (χ0) is 20.3. The SMILES string of the molecule is C[C@@H]1CN([C@H](c2ccccc2)c2cccc(C(F)(F)F)c2)CCN1CC(=O)O.Cl.Cl. The molecule has 0 amide bonds. The minimum atomic E-state index is -4.40. The smallest absolute Gasteiger partial charge is 0.416 e. The third-order valence-electron chi connectivity index (χ3n) is 5.15. The Bertz CT molecular complexity index is 821. The van der Waals surface area contributed by atoms with Crippen molar-refractivity contribution < 1.29 is 23.1 Å². The van der Waals surface area contributed by atoms with Crippen LogP contribution in [0.2, 0.25) is 0 Å². The minimum Gasteiger partial charge on any atom is -0.480 e. The van der Waals surface area contributed by atoms with Crippen LogP contribution in [0.5, 0.6) is 0 Å². The van der Waals surface area contributed by atoms with Gasteiger partial charge < -0.3 is 5.11 Å². The number of halogens is 5. The molecule has 4 nitrogen and oxygen atoms in total. The molecule has 0 bridgehead atoms. The molecule has 0 aliphatic carbocycles. The monoisotopic (exact) mass is 464 g/mol. The fourth-order valence-electron chi connectivity index (χ4n) is 3.80. The Morgan fingerprint density at radius 1 is 1.07 bits per heavy atom. The molecule has 2 atom stereocenters. The number of nitrogens with zero attached hydrogens (tertiary/aromatic N) is 2. The van der Waals surface area contributed by atoms with E-state index in [0.29, 0.717) is 25.2 Å². The molecule has 1 N–H and O–H groups in total. The van der Waals surface area contributed by atoms with Crippen LogP contribution in [0, 0.1) is 0 Å². The lowest BCUT2D eigenvalue weighted by molar-refractivity contribution is -0.139. The highest BCUT2D eigenvalue weighted by atomic mass is 35.5. The Morgan fingerprint density at radius 3 is 2.27 bits per heavy atom. The van der Waals surface area contributed by atoms with Crippen molar-refractivity contribution >= 4 is 30.8 Å². The average molecular weight is 465 g/mol. The lowest BCUT2D eigenvalue weighted by Gasteiger charge is -2.43. The fourth-order valence-corrected chi connectivity index (χ4v) is 3.80. The van der Waals surface area contributed by atoms with Gasteiger partial charge in [-0.3, -0.25) is 14.6 Å². The number of alkyl halides is 3. The molecule has 2 aromatic rings. The van der Waals surface area contributed by atoms with Crippen molar-refractivity contribution in [1.82, 2.24) is 9.80 Å². The topological polar surface area (TPSA) is 43.8 Å². The highest BCUT2D eigenvalue weighted by Crippen LogP contribution is 2.35. The number of hydrogen-bond donors (Lipinski definition) is 1. The van der Waals surface area contributed by atoms with Crippen molar-refractivity contribution in [3.05, 3.63) is 71.3 Å². The van der Waals surface area contributed by atoms with Crippen LogP contribution in [-0.4, -0.2) is 53.1 Å². The molecule has 1 aliphatic rings. The van der Waals surface area contributed by atoms with Gasteiger partial charge in [-0.15, -0.1) is 24.8 Å². The van der Waals surface area contributed by atoms with Crippen LogP contribution in [0.25, 0.3) is 0 Å². The van der Waals surface area contributed by atoms with E-state index in [4.69, 9.17) is 5.11 Å². The van der Waals surface area contributed by atoms with Crippen molar-refractivity contribution in [1.29, 1.82) is 0 Å². The van der Waals surface area contributed by atoms with Crippen molar-refractivity contribution in [2.45, 2.75) is 25.2 Å². The summed E-state index contributed by atoms with van der Waals surface area (Å²) in [5, 5.41) is 9.06. The summed E-state index contributed by atoms with van der Waals surface area (Å²) in [5.74, 6) is -0.877. The molecule has 166 valence electrons. The Hall–Kier alpha value is -1.80. The lowest BCUT2D eigenvalue weighted by atomic mass is 9.94. The maximum Gasteiger partial charge on any atom is 0.416 e. The summed E-state index contributed by atoms with van der Waals surface area (Å²) >= 11 is 0. The Morgan fingerprint density at radius 2 is 1.70 bits per heavy atom. The van der Waals surface area contributed by atoms with Crippen LogP contribution in [0.1, 0.15) is 29.7 Å². The van der Waals surface area contributed by atoms with Crippen LogP contribution in [0.3, 0.4) is 0 Å². The summed E-state index contributed by atoms with van der Waals surface area (Å²) in [4.78, 5) is 15.1. The van der Waals surface area contributed by atoms with E-state index in [0.717, 1.165) is 11.6 Å². The number of carboxylic acids is 1. The van der Waals surface area contributed by atoms with Crippen molar-refractivity contribution in [3.8, 4) is 0 Å². The van der Waals surface area contributed by atoms with Gasteiger partial charge in [0.1, 0.15) is 0 Å². The molecular formula is C21H25Cl2F3N2O2. The average Bonchev–Trinajstić information content (AvgIpc) is 2.64. The molecule has 3 rings (SSSR count). The highest BCUT2D eigenvalue weighted by molar-refractivity contribution is 5.85. The molecule has 0 unspecified atom stereocenters. The van der Waals surface area contributed by atoms with Crippen LogP contribution in [0.4, 0.5) is 13.2 Å². The fraction of sp³-hybridized carbons (Fsp3) is 0.381. The summed E-state index contributed by atoms with van der Waals surface area (Å²) in [6, 6.07) is 14.6. The third-order valence-corrected chi connectivity index (χ3v) is 5.15. The normalized spacial score (nSPS) is 18.7. The van der Waals surface area contributed by atoms with Gasteiger partial charge in [-0.25, -0.2) is 0 Å². The maximum atomic E-state index is 13.2. The second-order valence-corrected chi connectivity index (χ2v) is 7.14. The van der Waals surface area contributed by atoms with Crippen LogP contribution < -0.4 is 0 Å². The Kier molecular flexibility index (Phi) is 9.62. The molecule has 1 aliphatic heterocycles. The van der Waals surface area contributed by atoms with E-state index in [9.17, 15) is 18.0 Å². The number of piperazine rings is 1. The maximum absolute atomic E-state index is 13.2. The van der Waals surface area contributed by atoms with Crippen LogP contribution in [-0.2, 0) is 11.0 Å². The molecule has 2 aromatic carbocycles. The lowest BCUT2D eigenvalue weighted by Crippen LogP contribution is -2.54. The summed E-state index contributed by atoms with van der Waals surface area (Å²) in [6.07, 6.45) is -4.40. The van der Waals surface area contributed by atoms with E-state index in [2.05, 4.69) is 4.90 Å². The molecule has 1 fully saturated rings. The summed E-state index contributed by atoms with van der Waals surface area (Å²) < 4.78 is 39.7. The van der Waals surface area contributed by atoms with Crippen molar-refractivity contribution in [2.24, 2.45) is 0 Å². The van der Waals surface area contributed by atoms with E-state index in [1.165, 1.54) is 12.1 Å². The number of hydrogen-bond acceptors (Lipinski definition) is 3. The van der Waals surface area contributed by atoms with Gasteiger partial charge >= 0.3 is 12.1 Å². The van der Waals surface area contributed by atoms with Crippen LogP contribution >= 0.6 is 24.8 Å². The molecule has 30 heavy (non-hydrogen) atoms.